The molecule has 0 saturated carbocycles. The average molecular weight is 493 g/mol. The topological polar surface area (TPSA) is 128 Å². The Kier molecular flexibility index (Phi) is 6.50. The zero-order chi connectivity index (χ0) is 25.7. The maximum atomic E-state index is 14.1. The molecule has 4 atom stereocenters. The number of allylic oxidation sites excluding steroid dienone is 2. The third-order valence-electron chi connectivity index (χ3n) is 7.53. The SMILES string of the molecule is CCCC1=C2B(O)O[C@H](c3ccc(O)c(F)c3)C[C@H]2[C@H]2C(=O)N(c3cccc(B(O)O)c3)C(=O)[C@H]2C1. The third kappa shape index (κ3) is 4.06. The van der Waals surface area contributed by atoms with Gasteiger partial charge >= 0.3 is 14.2 Å². The van der Waals surface area contributed by atoms with E-state index in [1.165, 1.54) is 24.3 Å². The van der Waals surface area contributed by atoms with Crippen molar-refractivity contribution < 1.29 is 38.8 Å². The Hall–Kier alpha value is -2.98. The molecule has 8 nitrogen and oxygen atoms in total. The number of amides is 2. The molecule has 2 aromatic rings. The van der Waals surface area contributed by atoms with Crippen molar-refractivity contribution >= 4 is 37.2 Å². The van der Waals surface area contributed by atoms with E-state index in [9.17, 15) is 34.2 Å². The molecule has 2 aromatic carbocycles. The lowest BCUT2D eigenvalue weighted by atomic mass is 9.54. The first-order valence-corrected chi connectivity index (χ1v) is 12.1. The van der Waals surface area contributed by atoms with Crippen molar-refractivity contribution in [1.29, 1.82) is 0 Å². The van der Waals surface area contributed by atoms with E-state index in [0.29, 0.717) is 23.9 Å². The van der Waals surface area contributed by atoms with Crippen LogP contribution in [0.25, 0.3) is 0 Å². The van der Waals surface area contributed by atoms with Crippen molar-refractivity contribution in [3.05, 3.63) is 64.9 Å². The van der Waals surface area contributed by atoms with Gasteiger partial charge < -0.3 is 24.8 Å². The lowest BCUT2D eigenvalue weighted by Gasteiger charge is -2.42. The van der Waals surface area contributed by atoms with Crippen molar-refractivity contribution in [1.82, 2.24) is 0 Å². The van der Waals surface area contributed by atoms with Gasteiger partial charge in [0.1, 0.15) is 0 Å². The van der Waals surface area contributed by atoms with Gasteiger partial charge in [0, 0.05) is 0 Å². The summed E-state index contributed by atoms with van der Waals surface area (Å²) < 4.78 is 19.9. The average Bonchev–Trinajstić information content (AvgIpc) is 3.10. The normalized spacial score (nSPS) is 25.8. The number of rotatable bonds is 5. The summed E-state index contributed by atoms with van der Waals surface area (Å²) in [4.78, 5) is 28.4. The first-order valence-electron chi connectivity index (χ1n) is 12.1. The fraction of sp³-hybridized carbons (Fsp3) is 0.360. The fourth-order valence-electron chi connectivity index (χ4n) is 5.97. The van der Waals surface area contributed by atoms with Gasteiger partial charge in [-0.3, -0.25) is 14.5 Å². The molecule has 2 aliphatic heterocycles. The molecule has 2 saturated heterocycles. The van der Waals surface area contributed by atoms with Gasteiger partial charge in [-0.2, -0.15) is 0 Å². The van der Waals surface area contributed by atoms with Crippen LogP contribution in [0, 0.1) is 23.6 Å². The molecular weight excluding hydrogens is 467 g/mol. The third-order valence-corrected chi connectivity index (χ3v) is 7.53. The number of hydrogen-bond donors (Lipinski definition) is 4. The van der Waals surface area contributed by atoms with Crippen LogP contribution in [0.5, 0.6) is 5.75 Å². The van der Waals surface area contributed by atoms with Gasteiger partial charge in [0.2, 0.25) is 11.8 Å². The van der Waals surface area contributed by atoms with Gasteiger partial charge in [-0.25, -0.2) is 4.39 Å². The Morgan fingerprint density at radius 3 is 2.61 bits per heavy atom. The van der Waals surface area contributed by atoms with E-state index in [2.05, 4.69) is 0 Å². The lowest BCUT2D eigenvalue weighted by Crippen LogP contribution is -2.45. The van der Waals surface area contributed by atoms with Gasteiger partial charge in [0.15, 0.2) is 11.6 Å². The van der Waals surface area contributed by atoms with E-state index in [4.69, 9.17) is 4.65 Å². The van der Waals surface area contributed by atoms with E-state index < -0.39 is 55.6 Å². The second kappa shape index (κ2) is 9.48. The van der Waals surface area contributed by atoms with Crippen LogP contribution in [-0.2, 0) is 14.2 Å². The number of fused-ring (bicyclic) bond motifs is 3. The van der Waals surface area contributed by atoms with Gasteiger partial charge in [0.05, 0.1) is 23.6 Å². The number of benzene rings is 2. The summed E-state index contributed by atoms with van der Waals surface area (Å²) >= 11 is 0. The smallest absolute Gasteiger partial charge is 0.488 e. The van der Waals surface area contributed by atoms with E-state index >= 15 is 0 Å². The van der Waals surface area contributed by atoms with Crippen LogP contribution in [0.4, 0.5) is 10.1 Å². The van der Waals surface area contributed by atoms with E-state index in [-0.39, 0.29) is 23.5 Å². The first kappa shape index (κ1) is 24.7. The number of aromatic hydroxyl groups is 1. The van der Waals surface area contributed by atoms with Gasteiger partial charge in [0.25, 0.3) is 0 Å². The highest BCUT2D eigenvalue weighted by molar-refractivity contribution is 6.58. The van der Waals surface area contributed by atoms with Crippen molar-refractivity contribution in [3.63, 3.8) is 0 Å². The lowest BCUT2D eigenvalue weighted by molar-refractivity contribution is -0.123. The zero-order valence-corrected chi connectivity index (χ0v) is 19.7. The minimum absolute atomic E-state index is 0.157. The highest BCUT2D eigenvalue weighted by Crippen LogP contribution is 2.52. The maximum Gasteiger partial charge on any atom is 0.488 e. The number of nitrogens with zero attached hydrogens (tertiary/aromatic N) is 1. The minimum Gasteiger partial charge on any atom is -0.505 e. The predicted molar refractivity (Wildman–Crippen MR) is 130 cm³/mol. The van der Waals surface area contributed by atoms with Crippen LogP contribution in [0.15, 0.2) is 53.5 Å². The molecule has 2 fully saturated rings. The molecule has 0 radical (unpaired) electrons. The van der Waals surface area contributed by atoms with Crippen molar-refractivity contribution in [2.75, 3.05) is 4.90 Å². The molecule has 3 aliphatic rings. The highest BCUT2D eigenvalue weighted by Gasteiger charge is 2.58. The van der Waals surface area contributed by atoms with Crippen molar-refractivity contribution in [3.8, 4) is 5.75 Å². The number of phenols is 1. The summed E-state index contributed by atoms with van der Waals surface area (Å²) in [6.07, 6.45) is 1.27. The molecule has 2 amide bonds. The van der Waals surface area contributed by atoms with E-state index in [1.807, 2.05) is 6.92 Å². The Labute approximate surface area is 208 Å². The molecule has 0 aromatic heterocycles. The Balaban J connectivity index is 1.54. The number of phenolic OH excluding ortho intramolecular Hbond substituents is 1. The molecule has 5 rings (SSSR count). The zero-order valence-electron chi connectivity index (χ0n) is 19.7. The van der Waals surface area contributed by atoms with Crippen molar-refractivity contribution in [2.24, 2.45) is 17.8 Å². The number of carbonyl (C=O) groups is 2. The molecule has 186 valence electrons. The highest BCUT2D eigenvalue weighted by atomic mass is 19.1. The second-order valence-electron chi connectivity index (χ2n) is 9.66. The molecule has 0 unspecified atom stereocenters. The fourth-order valence-corrected chi connectivity index (χ4v) is 5.97. The van der Waals surface area contributed by atoms with Crippen LogP contribution >= 0.6 is 0 Å². The first-order chi connectivity index (χ1) is 17.2. The Morgan fingerprint density at radius 1 is 1.14 bits per heavy atom. The molecule has 0 bridgehead atoms. The molecule has 11 heteroatoms. The molecule has 2 heterocycles. The van der Waals surface area contributed by atoms with Crippen LogP contribution in [0.3, 0.4) is 0 Å². The molecule has 36 heavy (non-hydrogen) atoms. The Morgan fingerprint density at radius 2 is 1.92 bits per heavy atom. The van der Waals surface area contributed by atoms with Crippen molar-refractivity contribution in [2.45, 2.75) is 38.7 Å². The quantitative estimate of drug-likeness (QED) is 0.369. The van der Waals surface area contributed by atoms with Gasteiger partial charge in [-0.1, -0.05) is 37.1 Å². The van der Waals surface area contributed by atoms with Crippen LogP contribution in [-0.4, -0.2) is 46.2 Å². The summed E-state index contributed by atoms with van der Waals surface area (Å²) in [6, 6.07) is 9.88. The van der Waals surface area contributed by atoms with E-state index in [1.54, 1.807) is 12.1 Å². The maximum absolute atomic E-state index is 14.1. The van der Waals surface area contributed by atoms with Gasteiger partial charge in [-0.15, -0.1) is 0 Å². The number of imide groups is 1. The molecular formula is C25H26B2FNO7. The molecule has 4 N–H and O–H groups in total. The number of anilines is 1. The largest absolute Gasteiger partial charge is 0.505 e. The summed E-state index contributed by atoms with van der Waals surface area (Å²) in [5.41, 5.74) is 2.35. The summed E-state index contributed by atoms with van der Waals surface area (Å²) in [5, 5.41) is 39.7. The summed E-state index contributed by atoms with van der Waals surface area (Å²) in [6.45, 7) is 1.99. The Bertz CT molecular complexity index is 1250. The summed E-state index contributed by atoms with van der Waals surface area (Å²) in [5.74, 6) is -3.96. The van der Waals surface area contributed by atoms with Crippen LogP contribution in [0.2, 0.25) is 0 Å². The number of halogens is 1. The predicted octanol–water partition coefficient (Wildman–Crippen LogP) is 1.61. The van der Waals surface area contributed by atoms with E-state index in [0.717, 1.165) is 23.0 Å². The standard InChI is InChI=1S/C25H26B2FNO7/c1-2-4-14-9-18-22(25(32)29(24(18)31)16-6-3-5-15(11-16)26(33)34)17-12-21(36-27(35)23(14)17)13-7-8-20(30)19(28)10-13/h3,5-8,10-11,17-18,21-22,30,33-35H,2,4,9,12H2,1H3/t17-,18-,21-,22+/m0/s1. The molecule has 0 spiro atoms. The molecule has 1 aliphatic carbocycles. The monoisotopic (exact) mass is 493 g/mol. The second-order valence-corrected chi connectivity index (χ2v) is 9.66. The van der Waals surface area contributed by atoms with Crippen LogP contribution < -0.4 is 10.4 Å². The minimum atomic E-state index is -1.75. The number of carbonyl (C=O) groups excluding carboxylic acids is 2. The summed E-state index contributed by atoms with van der Waals surface area (Å²) in [7, 11) is -3.06. The van der Waals surface area contributed by atoms with Gasteiger partial charge in [-0.05, 0) is 65.9 Å². The van der Waals surface area contributed by atoms with Crippen LogP contribution in [0.1, 0.15) is 44.3 Å². The number of hydrogen-bond acceptors (Lipinski definition) is 7.